The highest BCUT2D eigenvalue weighted by molar-refractivity contribution is 8.77. The van der Waals surface area contributed by atoms with Gasteiger partial charge in [0.05, 0.1) is 82.5 Å². The Labute approximate surface area is 268 Å². The molecule has 0 unspecified atom stereocenters. The van der Waals surface area contributed by atoms with Crippen molar-refractivity contribution in [1.82, 2.24) is 0 Å². The Morgan fingerprint density at radius 3 is 1.71 bits per heavy atom. The SMILES string of the molecule is C[N+](C)(C)CCSSc1cc2c(cc1Cl)C1(OC(=O)c3ccccc31)c1cc(Cl)c(SSCC[N+](C)(C)C)cc1O2. The molecule has 3 aromatic rings. The number of halogens is 2. The molecular weight excluding hydrogens is 636 g/mol. The van der Waals surface area contributed by atoms with Gasteiger partial charge in [-0.2, -0.15) is 0 Å². The largest absolute Gasteiger partial charge is 0.456 e. The first-order valence-corrected chi connectivity index (χ1v) is 18.6. The van der Waals surface area contributed by atoms with Crippen molar-refractivity contribution >= 4 is 72.3 Å². The fourth-order valence-electron chi connectivity index (χ4n) is 4.63. The van der Waals surface area contributed by atoms with Crippen LogP contribution in [0.15, 0.2) is 58.3 Å². The Kier molecular flexibility index (Phi) is 9.21. The van der Waals surface area contributed by atoms with Gasteiger partial charge in [-0.05, 0) is 30.3 Å². The van der Waals surface area contributed by atoms with E-state index in [4.69, 9.17) is 32.7 Å². The quantitative estimate of drug-likeness (QED) is 0.0928. The molecular formula is C30H34Cl2N2O3S4+2. The molecule has 0 saturated heterocycles. The number of benzene rings is 3. The lowest BCUT2D eigenvalue weighted by Crippen LogP contribution is -2.36. The Morgan fingerprint density at radius 1 is 0.732 bits per heavy atom. The lowest BCUT2D eigenvalue weighted by molar-refractivity contribution is -0.867. The van der Waals surface area contributed by atoms with Crippen LogP contribution in [0.25, 0.3) is 0 Å². The predicted molar refractivity (Wildman–Crippen MR) is 177 cm³/mol. The van der Waals surface area contributed by atoms with Crippen molar-refractivity contribution in [2.24, 2.45) is 0 Å². The van der Waals surface area contributed by atoms with E-state index in [9.17, 15) is 4.79 Å². The molecule has 0 amide bonds. The highest BCUT2D eigenvalue weighted by Crippen LogP contribution is 2.59. The van der Waals surface area contributed by atoms with Gasteiger partial charge < -0.3 is 18.4 Å². The van der Waals surface area contributed by atoms with Gasteiger partial charge in [0.15, 0.2) is 5.60 Å². The van der Waals surface area contributed by atoms with E-state index in [1.807, 2.05) is 42.5 Å². The fraction of sp³-hybridized carbons (Fsp3) is 0.367. The number of hydrogen-bond acceptors (Lipinski definition) is 7. The second-order valence-electron chi connectivity index (χ2n) is 12.1. The first kappa shape index (κ1) is 31.3. The molecule has 0 atom stereocenters. The summed E-state index contributed by atoms with van der Waals surface area (Å²) in [4.78, 5) is 15.0. The minimum absolute atomic E-state index is 0.379. The van der Waals surface area contributed by atoms with Crippen molar-refractivity contribution in [3.8, 4) is 11.5 Å². The highest BCUT2D eigenvalue weighted by atomic mass is 35.5. The number of carbonyl (C=O) groups is 1. The number of ether oxygens (including phenoxy) is 2. The summed E-state index contributed by atoms with van der Waals surface area (Å²) in [7, 11) is 19.9. The monoisotopic (exact) mass is 668 g/mol. The zero-order valence-corrected chi connectivity index (χ0v) is 28.7. The molecule has 0 aliphatic carbocycles. The van der Waals surface area contributed by atoms with E-state index >= 15 is 0 Å². The average molecular weight is 670 g/mol. The van der Waals surface area contributed by atoms with E-state index in [0.717, 1.165) is 48.9 Å². The molecule has 218 valence electrons. The average Bonchev–Trinajstić information content (AvgIpc) is 3.18. The molecule has 2 aliphatic heterocycles. The lowest BCUT2D eigenvalue weighted by atomic mass is 9.78. The van der Waals surface area contributed by atoms with Gasteiger partial charge in [0.25, 0.3) is 0 Å². The van der Waals surface area contributed by atoms with Gasteiger partial charge in [0, 0.05) is 26.5 Å². The summed E-state index contributed by atoms with van der Waals surface area (Å²) in [5, 5.41) is 1.18. The van der Waals surface area contributed by atoms with Gasteiger partial charge in [0.1, 0.15) is 11.5 Å². The van der Waals surface area contributed by atoms with E-state index in [1.54, 1.807) is 49.2 Å². The zero-order valence-electron chi connectivity index (χ0n) is 24.0. The van der Waals surface area contributed by atoms with E-state index in [0.29, 0.717) is 38.2 Å². The van der Waals surface area contributed by atoms with E-state index in [2.05, 4.69) is 42.3 Å². The van der Waals surface area contributed by atoms with Crippen LogP contribution in [0.1, 0.15) is 27.0 Å². The van der Waals surface area contributed by atoms with Crippen LogP contribution in [-0.2, 0) is 10.3 Å². The smallest absolute Gasteiger partial charge is 0.340 e. The van der Waals surface area contributed by atoms with Crippen LogP contribution in [-0.4, -0.2) is 81.8 Å². The van der Waals surface area contributed by atoms with Crippen molar-refractivity contribution in [1.29, 1.82) is 0 Å². The van der Waals surface area contributed by atoms with Crippen molar-refractivity contribution in [2.45, 2.75) is 15.4 Å². The van der Waals surface area contributed by atoms with Gasteiger partial charge in [-0.1, -0.05) is 84.6 Å². The molecule has 0 N–H and O–H groups in total. The molecule has 5 nitrogen and oxygen atoms in total. The van der Waals surface area contributed by atoms with Crippen LogP contribution in [0.3, 0.4) is 0 Å². The van der Waals surface area contributed by atoms with E-state index < -0.39 is 5.60 Å². The molecule has 3 aromatic carbocycles. The first-order valence-electron chi connectivity index (χ1n) is 13.2. The molecule has 0 radical (unpaired) electrons. The Balaban J connectivity index is 1.54. The lowest BCUT2D eigenvalue weighted by Gasteiger charge is -2.37. The van der Waals surface area contributed by atoms with Crippen LogP contribution in [0.5, 0.6) is 11.5 Å². The van der Waals surface area contributed by atoms with Crippen LogP contribution < -0.4 is 4.74 Å². The molecule has 0 bridgehead atoms. The maximum Gasteiger partial charge on any atom is 0.340 e. The third kappa shape index (κ3) is 6.68. The second kappa shape index (κ2) is 12.1. The summed E-state index contributed by atoms with van der Waals surface area (Å²) in [5.74, 6) is 2.82. The minimum Gasteiger partial charge on any atom is -0.456 e. The van der Waals surface area contributed by atoms with Crippen LogP contribution in [0, 0.1) is 0 Å². The van der Waals surface area contributed by atoms with Crippen molar-refractivity contribution in [3.05, 3.63) is 80.8 Å². The third-order valence-corrected chi connectivity index (χ3v) is 12.4. The molecule has 0 fully saturated rings. The van der Waals surface area contributed by atoms with E-state index in [-0.39, 0.29) is 5.97 Å². The molecule has 0 saturated carbocycles. The first-order chi connectivity index (χ1) is 19.3. The van der Waals surface area contributed by atoms with Crippen LogP contribution in [0.4, 0.5) is 0 Å². The zero-order chi connectivity index (χ0) is 29.6. The highest BCUT2D eigenvalue weighted by Gasteiger charge is 2.54. The van der Waals surface area contributed by atoms with Crippen LogP contribution in [0.2, 0.25) is 10.0 Å². The summed E-state index contributed by atoms with van der Waals surface area (Å²) in [6.07, 6.45) is 0. The van der Waals surface area contributed by atoms with Gasteiger partial charge in [-0.3, -0.25) is 0 Å². The van der Waals surface area contributed by atoms with Crippen molar-refractivity contribution < 1.29 is 23.2 Å². The maximum atomic E-state index is 13.2. The number of carbonyl (C=O) groups excluding carboxylic acids is 1. The molecule has 1 spiro atoms. The van der Waals surface area contributed by atoms with Crippen LogP contribution >= 0.6 is 66.4 Å². The Hall–Kier alpha value is -1.17. The fourth-order valence-corrected chi connectivity index (χ4v) is 10.3. The van der Waals surface area contributed by atoms with Gasteiger partial charge in [-0.25, -0.2) is 4.79 Å². The molecule has 2 aliphatic rings. The molecule has 11 heteroatoms. The second-order valence-corrected chi connectivity index (χ2v) is 17.8. The number of esters is 1. The molecule has 5 rings (SSSR count). The summed E-state index contributed by atoms with van der Waals surface area (Å²) in [6.45, 7) is 2.07. The Morgan fingerprint density at radius 2 is 1.22 bits per heavy atom. The van der Waals surface area contributed by atoms with E-state index in [1.165, 1.54) is 0 Å². The van der Waals surface area contributed by atoms with Crippen molar-refractivity contribution in [2.75, 3.05) is 66.9 Å². The van der Waals surface area contributed by atoms with Gasteiger partial charge in [-0.15, -0.1) is 0 Å². The maximum absolute atomic E-state index is 13.2. The summed E-state index contributed by atoms with van der Waals surface area (Å²) >= 11 is 13.7. The predicted octanol–water partition coefficient (Wildman–Crippen LogP) is 8.45. The summed E-state index contributed by atoms with van der Waals surface area (Å²) < 4.78 is 14.7. The Bertz CT molecular complexity index is 1410. The minimum atomic E-state index is -1.20. The van der Waals surface area contributed by atoms with Crippen molar-refractivity contribution in [3.63, 3.8) is 0 Å². The summed E-state index contributed by atoms with van der Waals surface area (Å²) in [6, 6.07) is 15.2. The number of quaternary nitrogens is 2. The number of rotatable bonds is 10. The molecule has 2 heterocycles. The topological polar surface area (TPSA) is 35.5 Å². The molecule has 0 aromatic heterocycles. The number of fused-ring (bicyclic) bond motifs is 6. The normalized spacial score (nSPS) is 15.3. The number of nitrogens with zero attached hydrogens (tertiary/aromatic N) is 2. The molecule has 41 heavy (non-hydrogen) atoms. The van der Waals surface area contributed by atoms with Gasteiger partial charge in [0.2, 0.25) is 0 Å². The summed E-state index contributed by atoms with van der Waals surface area (Å²) in [5.41, 5.74) is 1.48. The van der Waals surface area contributed by atoms with Gasteiger partial charge >= 0.3 is 5.97 Å². The standard InChI is InChI=1S/C30H34Cl2N2O3S4/c1-33(2,3)11-13-38-40-27-17-25-21(15-23(27)31)30(20-10-8-7-9-19(20)29(35)37-30)22-16-24(32)28(18-26(22)36-25)41-39-14-12-34(4,5)6/h7-10,15-18H,11-14H2,1-6H3/q+2. The number of hydrogen-bond donors (Lipinski definition) is 0. The third-order valence-electron chi connectivity index (χ3n) is 6.81.